The van der Waals surface area contributed by atoms with E-state index >= 15 is 0 Å². The van der Waals surface area contributed by atoms with Crippen LogP contribution in [0.15, 0.2) is 78.9 Å². The van der Waals surface area contributed by atoms with E-state index in [9.17, 15) is 9.59 Å². The molecule has 0 saturated heterocycles. The normalized spacial score (nSPS) is 10.2. The molecule has 3 aromatic carbocycles. The van der Waals surface area contributed by atoms with Gasteiger partial charge in [0.25, 0.3) is 5.91 Å². The maximum absolute atomic E-state index is 12.4. The number of amides is 1. The van der Waals surface area contributed by atoms with E-state index in [1.165, 1.54) is 0 Å². The minimum Gasteiger partial charge on any atom is -0.452 e. The minimum absolute atomic E-state index is 0.396. The first-order valence-electron chi connectivity index (χ1n) is 8.01. The molecule has 0 aliphatic rings. The number of para-hydroxylation sites is 1. The Kier molecular flexibility index (Phi) is 5.66. The number of rotatable bonds is 5. The number of anilines is 1. The lowest BCUT2D eigenvalue weighted by atomic mass is 10.00. The van der Waals surface area contributed by atoms with Crippen molar-refractivity contribution in [2.24, 2.45) is 0 Å². The second-order valence-corrected chi connectivity index (χ2v) is 5.92. The van der Waals surface area contributed by atoms with E-state index in [0.29, 0.717) is 16.3 Å². The van der Waals surface area contributed by atoms with E-state index in [2.05, 4.69) is 5.32 Å². The first-order chi connectivity index (χ1) is 12.6. The van der Waals surface area contributed by atoms with E-state index in [0.717, 1.165) is 11.1 Å². The highest BCUT2D eigenvalue weighted by Crippen LogP contribution is 2.24. The summed E-state index contributed by atoms with van der Waals surface area (Å²) >= 11 is 5.99. The van der Waals surface area contributed by atoms with Crippen LogP contribution in [0.3, 0.4) is 0 Å². The molecule has 0 heterocycles. The van der Waals surface area contributed by atoms with Crippen molar-refractivity contribution >= 4 is 29.2 Å². The zero-order valence-electron chi connectivity index (χ0n) is 13.8. The number of carbonyl (C=O) groups excluding carboxylic acids is 2. The van der Waals surface area contributed by atoms with E-state index in [4.69, 9.17) is 16.3 Å². The van der Waals surface area contributed by atoms with Gasteiger partial charge >= 0.3 is 5.97 Å². The molecular formula is C21H16ClNO3. The van der Waals surface area contributed by atoms with Crippen molar-refractivity contribution in [3.8, 4) is 11.1 Å². The van der Waals surface area contributed by atoms with E-state index < -0.39 is 18.5 Å². The average Bonchev–Trinajstić information content (AvgIpc) is 2.68. The predicted octanol–water partition coefficient (Wildman–Crippen LogP) is 4.80. The summed E-state index contributed by atoms with van der Waals surface area (Å²) in [5.74, 6) is -1.01. The third kappa shape index (κ3) is 4.29. The predicted molar refractivity (Wildman–Crippen MR) is 102 cm³/mol. The fourth-order valence-electron chi connectivity index (χ4n) is 2.49. The van der Waals surface area contributed by atoms with Crippen molar-refractivity contribution in [1.82, 2.24) is 0 Å². The summed E-state index contributed by atoms with van der Waals surface area (Å²) in [6.07, 6.45) is 0. The Morgan fingerprint density at radius 1 is 0.846 bits per heavy atom. The lowest BCUT2D eigenvalue weighted by Gasteiger charge is -2.10. The Balaban J connectivity index is 1.68. The first kappa shape index (κ1) is 17.7. The Hall–Kier alpha value is -3.11. The van der Waals surface area contributed by atoms with Crippen LogP contribution < -0.4 is 5.32 Å². The molecule has 0 aromatic heterocycles. The van der Waals surface area contributed by atoms with Crippen molar-refractivity contribution in [1.29, 1.82) is 0 Å². The largest absolute Gasteiger partial charge is 0.452 e. The monoisotopic (exact) mass is 365 g/mol. The van der Waals surface area contributed by atoms with Crippen LogP contribution >= 0.6 is 11.6 Å². The second kappa shape index (κ2) is 8.32. The molecule has 4 nitrogen and oxygen atoms in total. The molecule has 130 valence electrons. The molecule has 1 amide bonds. The topological polar surface area (TPSA) is 55.4 Å². The zero-order valence-corrected chi connectivity index (χ0v) is 14.6. The SMILES string of the molecule is O=C(COC(=O)c1ccccc1-c1ccccc1)Nc1ccccc1Cl. The highest BCUT2D eigenvalue weighted by atomic mass is 35.5. The number of benzene rings is 3. The molecule has 3 aromatic rings. The smallest absolute Gasteiger partial charge is 0.339 e. The molecule has 0 bridgehead atoms. The average molecular weight is 366 g/mol. The lowest BCUT2D eigenvalue weighted by Crippen LogP contribution is -2.21. The molecule has 5 heteroatoms. The standard InChI is InChI=1S/C21H16ClNO3/c22-18-12-6-7-13-19(18)23-20(24)14-26-21(25)17-11-5-4-10-16(17)15-8-2-1-3-9-15/h1-13H,14H2,(H,23,24). The van der Waals surface area contributed by atoms with Crippen LogP contribution in [0, 0.1) is 0 Å². The third-order valence-corrected chi connectivity index (χ3v) is 4.04. The van der Waals surface area contributed by atoms with Gasteiger partial charge in [-0.25, -0.2) is 4.79 Å². The number of carbonyl (C=O) groups is 2. The van der Waals surface area contributed by atoms with Gasteiger partial charge in [-0.2, -0.15) is 0 Å². The Bertz CT molecular complexity index is 925. The summed E-state index contributed by atoms with van der Waals surface area (Å²) in [5, 5.41) is 3.03. The highest BCUT2D eigenvalue weighted by Gasteiger charge is 2.15. The summed E-state index contributed by atoms with van der Waals surface area (Å²) in [6.45, 7) is -0.396. The molecule has 0 aliphatic heterocycles. The van der Waals surface area contributed by atoms with Crippen LogP contribution in [-0.4, -0.2) is 18.5 Å². The number of hydrogen-bond acceptors (Lipinski definition) is 3. The first-order valence-corrected chi connectivity index (χ1v) is 8.39. The van der Waals surface area contributed by atoms with Crippen LogP contribution in [0.4, 0.5) is 5.69 Å². The molecular weight excluding hydrogens is 350 g/mol. The van der Waals surface area contributed by atoms with Crippen LogP contribution in [0.25, 0.3) is 11.1 Å². The summed E-state index contributed by atoms with van der Waals surface area (Å²) in [7, 11) is 0. The molecule has 0 radical (unpaired) electrons. The fraction of sp³-hybridized carbons (Fsp3) is 0.0476. The molecule has 1 N–H and O–H groups in total. The van der Waals surface area contributed by atoms with Gasteiger partial charge in [-0.05, 0) is 29.3 Å². The Morgan fingerprint density at radius 3 is 2.27 bits per heavy atom. The third-order valence-electron chi connectivity index (χ3n) is 3.71. The van der Waals surface area contributed by atoms with Gasteiger partial charge in [0.15, 0.2) is 6.61 Å². The van der Waals surface area contributed by atoms with Crippen molar-refractivity contribution in [3.63, 3.8) is 0 Å². The number of esters is 1. The maximum Gasteiger partial charge on any atom is 0.339 e. The minimum atomic E-state index is -0.557. The van der Waals surface area contributed by atoms with Gasteiger partial charge in [0, 0.05) is 0 Å². The van der Waals surface area contributed by atoms with E-state index in [1.54, 1.807) is 36.4 Å². The summed E-state index contributed by atoms with van der Waals surface area (Å²) in [6, 6.07) is 23.5. The number of ether oxygens (including phenoxy) is 1. The van der Waals surface area contributed by atoms with Crippen LogP contribution in [0.2, 0.25) is 5.02 Å². The van der Waals surface area contributed by atoms with Gasteiger partial charge in [0.1, 0.15) is 0 Å². The molecule has 26 heavy (non-hydrogen) atoms. The quantitative estimate of drug-likeness (QED) is 0.660. The van der Waals surface area contributed by atoms with Crippen LogP contribution in [0.5, 0.6) is 0 Å². The summed E-state index contributed by atoms with van der Waals surface area (Å²) < 4.78 is 5.17. The van der Waals surface area contributed by atoms with Crippen molar-refractivity contribution in [2.75, 3.05) is 11.9 Å². The summed E-state index contributed by atoms with van der Waals surface area (Å²) in [5.41, 5.74) is 2.54. The number of halogens is 1. The summed E-state index contributed by atoms with van der Waals surface area (Å²) in [4.78, 5) is 24.4. The van der Waals surface area contributed by atoms with Gasteiger partial charge in [-0.1, -0.05) is 72.3 Å². The number of hydrogen-bond donors (Lipinski definition) is 1. The van der Waals surface area contributed by atoms with Crippen molar-refractivity contribution in [2.45, 2.75) is 0 Å². The lowest BCUT2D eigenvalue weighted by molar-refractivity contribution is -0.119. The molecule has 0 spiro atoms. The van der Waals surface area contributed by atoms with Gasteiger partial charge in [-0.3, -0.25) is 4.79 Å². The zero-order chi connectivity index (χ0) is 18.4. The van der Waals surface area contributed by atoms with Crippen molar-refractivity contribution < 1.29 is 14.3 Å². The molecule has 0 aliphatic carbocycles. The van der Waals surface area contributed by atoms with Crippen LogP contribution in [-0.2, 0) is 9.53 Å². The van der Waals surface area contributed by atoms with Gasteiger partial charge in [-0.15, -0.1) is 0 Å². The Morgan fingerprint density at radius 2 is 1.50 bits per heavy atom. The number of nitrogens with one attached hydrogen (secondary N) is 1. The van der Waals surface area contributed by atoms with E-state index in [-0.39, 0.29) is 0 Å². The molecule has 0 fully saturated rings. The molecule has 0 unspecified atom stereocenters. The van der Waals surface area contributed by atoms with Crippen molar-refractivity contribution in [3.05, 3.63) is 89.4 Å². The van der Waals surface area contributed by atoms with Gasteiger partial charge in [0.2, 0.25) is 0 Å². The molecule has 0 atom stereocenters. The van der Waals surface area contributed by atoms with Gasteiger partial charge in [0.05, 0.1) is 16.3 Å². The molecule has 0 saturated carbocycles. The van der Waals surface area contributed by atoms with E-state index in [1.807, 2.05) is 42.5 Å². The Labute approximate surface area is 156 Å². The second-order valence-electron chi connectivity index (χ2n) is 5.52. The highest BCUT2D eigenvalue weighted by molar-refractivity contribution is 6.33. The van der Waals surface area contributed by atoms with Crippen LogP contribution in [0.1, 0.15) is 10.4 Å². The fourth-order valence-corrected chi connectivity index (χ4v) is 2.67. The maximum atomic E-state index is 12.4. The molecule has 3 rings (SSSR count). The van der Waals surface area contributed by atoms with Gasteiger partial charge < -0.3 is 10.1 Å².